The van der Waals surface area contributed by atoms with E-state index in [4.69, 9.17) is 11.6 Å². The molecule has 0 bridgehead atoms. The van der Waals surface area contributed by atoms with Crippen molar-refractivity contribution in [1.29, 1.82) is 0 Å². The molecule has 19 heavy (non-hydrogen) atoms. The van der Waals surface area contributed by atoms with E-state index in [1.807, 2.05) is 31.1 Å². The third kappa shape index (κ3) is 3.78. The van der Waals surface area contributed by atoms with Crippen molar-refractivity contribution >= 4 is 40.6 Å². The van der Waals surface area contributed by atoms with Gasteiger partial charge in [-0.05, 0) is 18.2 Å². The average molecular weight is 300 g/mol. The monoisotopic (exact) mass is 299 g/mol. The summed E-state index contributed by atoms with van der Waals surface area (Å²) in [7, 11) is 3.87. The highest BCUT2D eigenvalue weighted by Crippen LogP contribution is 2.27. The van der Waals surface area contributed by atoms with Crippen LogP contribution in [0.3, 0.4) is 0 Å². The minimum Gasteiger partial charge on any atom is -0.376 e. The highest BCUT2D eigenvalue weighted by atomic mass is 35.5. The lowest BCUT2D eigenvalue weighted by atomic mass is 10.2. The number of amides is 1. The lowest BCUT2D eigenvalue weighted by molar-refractivity contribution is -0.117. The largest absolute Gasteiger partial charge is 0.376 e. The van der Waals surface area contributed by atoms with Crippen molar-refractivity contribution in [1.82, 2.24) is 5.32 Å². The maximum Gasteiger partial charge on any atom is 0.242 e. The predicted molar refractivity (Wildman–Crippen MR) is 83.5 cm³/mol. The minimum atomic E-state index is -0.119. The normalized spacial score (nSPS) is 19.0. The second kappa shape index (κ2) is 6.50. The molecule has 1 aliphatic rings. The molecule has 1 saturated heterocycles. The molecule has 2 N–H and O–H groups in total. The first-order valence-electron chi connectivity index (χ1n) is 6.17. The maximum atomic E-state index is 12.1. The standard InChI is InChI=1S/C13H18ClN3OS/c1-17(2)12-4-3-9(7-10(12)14)16-13(18)11-8-19-6-5-15-11/h3-4,7,11,15H,5-6,8H2,1-2H3,(H,16,18). The van der Waals surface area contributed by atoms with E-state index >= 15 is 0 Å². The Kier molecular flexibility index (Phi) is 4.96. The Bertz CT molecular complexity index is 461. The SMILES string of the molecule is CN(C)c1ccc(NC(=O)C2CSCCN2)cc1Cl. The first kappa shape index (κ1) is 14.5. The fourth-order valence-corrected chi connectivity index (χ4v) is 3.19. The van der Waals surface area contributed by atoms with Crippen molar-refractivity contribution in [3.63, 3.8) is 0 Å². The van der Waals surface area contributed by atoms with Crippen LogP contribution in [0.1, 0.15) is 0 Å². The van der Waals surface area contributed by atoms with Gasteiger partial charge in [0.1, 0.15) is 0 Å². The molecule has 0 saturated carbocycles. The van der Waals surface area contributed by atoms with Crippen LogP contribution in [-0.2, 0) is 4.79 Å². The summed E-state index contributed by atoms with van der Waals surface area (Å²) >= 11 is 7.98. The number of carbonyl (C=O) groups excluding carboxylic acids is 1. The van der Waals surface area contributed by atoms with Gasteiger partial charge in [-0.3, -0.25) is 4.79 Å². The van der Waals surface area contributed by atoms with E-state index in [0.717, 1.165) is 29.4 Å². The van der Waals surface area contributed by atoms with Crippen molar-refractivity contribution in [2.24, 2.45) is 0 Å². The molecule has 1 amide bonds. The Labute approximate surface area is 122 Å². The number of anilines is 2. The molecule has 0 aromatic heterocycles. The van der Waals surface area contributed by atoms with Crippen molar-refractivity contribution in [3.05, 3.63) is 23.2 Å². The third-order valence-electron chi connectivity index (χ3n) is 2.94. The van der Waals surface area contributed by atoms with Crippen LogP contribution < -0.4 is 15.5 Å². The molecule has 1 fully saturated rings. The maximum absolute atomic E-state index is 12.1. The molecule has 1 unspecified atom stereocenters. The van der Waals surface area contributed by atoms with Gasteiger partial charge >= 0.3 is 0 Å². The molecule has 4 nitrogen and oxygen atoms in total. The molecule has 1 aromatic carbocycles. The summed E-state index contributed by atoms with van der Waals surface area (Å²) < 4.78 is 0. The molecule has 104 valence electrons. The molecular weight excluding hydrogens is 282 g/mol. The Balaban J connectivity index is 2.02. The first-order valence-corrected chi connectivity index (χ1v) is 7.70. The third-order valence-corrected chi connectivity index (χ3v) is 4.30. The summed E-state index contributed by atoms with van der Waals surface area (Å²) in [4.78, 5) is 14.0. The van der Waals surface area contributed by atoms with Gasteiger partial charge in [0, 0.05) is 37.8 Å². The van der Waals surface area contributed by atoms with E-state index < -0.39 is 0 Å². The first-order chi connectivity index (χ1) is 9.08. The van der Waals surface area contributed by atoms with Crippen LogP contribution >= 0.6 is 23.4 Å². The molecule has 0 radical (unpaired) electrons. The second-order valence-corrected chi connectivity index (χ2v) is 6.19. The molecule has 0 aliphatic carbocycles. The van der Waals surface area contributed by atoms with Gasteiger partial charge in [0.2, 0.25) is 5.91 Å². The van der Waals surface area contributed by atoms with Crippen molar-refractivity contribution in [2.45, 2.75) is 6.04 Å². The molecule has 1 aromatic rings. The summed E-state index contributed by atoms with van der Waals surface area (Å²) in [5.74, 6) is 1.88. The zero-order valence-corrected chi connectivity index (χ0v) is 12.6. The van der Waals surface area contributed by atoms with Crippen LogP contribution in [0.25, 0.3) is 0 Å². The minimum absolute atomic E-state index is 0.000805. The predicted octanol–water partition coefficient (Wildman–Crippen LogP) is 2.05. The van der Waals surface area contributed by atoms with Gasteiger partial charge in [-0.15, -0.1) is 0 Å². The summed E-state index contributed by atoms with van der Waals surface area (Å²) in [5.41, 5.74) is 1.67. The van der Waals surface area contributed by atoms with Gasteiger partial charge in [-0.25, -0.2) is 0 Å². The Morgan fingerprint density at radius 3 is 2.89 bits per heavy atom. The zero-order chi connectivity index (χ0) is 13.8. The second-order valence-electron chi connectivity index (χ2n) is 4.63. The van der Waals surface area contributed by atoms with Crippen molar-refractivity contribution in [2.75, 3.05) is 42.4 Å². The summed E-state index contributed by atoms with van der Waals surface area (Å²) in [5, 5.41) is 6.74. The quantitative estimate of drug-likeness (QED) is 0.897. The van der Waals surface area contributed by atoms with Crippen LogP contribution in [0.15, 0.2) is 18.2 Å². The van der Waals surface area contributed by atoms with Gasteiger partial charge in [-0.1, -0.05) is 11.6 Å². The zero-order valence-electron chi connectivity index (χ0n) is 11.1. The van der Waals surface area contributed by atoms with Crippen LogP contribution in [0, 0.1) is 0 Å². The Hall–Kier alpha value is -0.910. The summed E-state index contributed by atoms with van der Waals surface area (Å²) in [6, 6.07) is 5.44. The molecule has 1 heterocycles. The van der Waals surface area contributed by atoms with Crippen LogP contribution in [0.2, 0.25) is 5.02 Å². The number of rotatable bonds is 3. The van der Waals surface area contributed by atoms with E-state index in [1.165, 1.54) is 0 Å². The van der Waals surface area contributed by atoms with Gasteiger partial charge in [0.15, 0.2) is 0 Å². The molecule has 1 atom stereocenters. The topological polar surface area (TPSA) is 44.4 Å². The highest BCUT2D eigenvalue weighted by Gasteiger charge is 2.21. The fraction of sp³-hybridized carbons (Fsp3) is 0.462. The average Bonchev–Trinajstić information content (AvgIpc) is 2.39. The lowest BCUT2D eigenvalue weighted by Gasteiger charge is -2.22. The van der Waals surface area contributed by atoms with E-state index in [1.54, 1.807) is 17.8 Å². The Morgan fingerprint density at radius 1 is 1.53 bits per heavy atom. The fourth-order valence-electron chi connectivity index (χ4n) is 1.91. The number of nitrogens with zero attached hydrogens (tertiary/aromatic N) is 1. The summed E-state index contributed by atoms with van der Waals surface area (Å²) in [6.45, 7) is 0.878. The van der Waals surface area contributed by atoms with Crippen molar-refractivity contribution < 1.29 is 4.79 Å². The number of thioether (sulfide) groups is 1. The van der Waals surface area contributed by atoms with E-state index in [2.05, 4.69) is 10.6 Å². The smallest absolute Gasteiger partial charge is 0.242 e. The molecule has 6 heteroatoms. The van der Waals surface area contributed by atoms with Gasteiger partial charge in [0.05, 0.1) is 16.8 Å². The number of carbonyl (C=O) groups is 1. The van der Waals surface area contributed by atoms with Crippen molar-refractivity contribution in [3.8, 4) is 0 Å². The molecular formula is C13H18ClN3OS. The molecule has 0 spiro atoms. The summed E-state index contributed by atoms with van der Waals surface area (Å²) in [6.07, 6.45) is 0. The van der Waals surface area contributed by atoms with Gasteiger partial charge in [0.25, 0.3) is 0 Å². The molecule has 2 rings (SSSR count). The van der Waals surface area contributed by atoms with E-state index in [0.29, 0.717) is 5.02 Å². The number of hydrogen-bond donors (Lipinski definition) is 2. The highest BCUT2D eigenvalue weighted by molar-refractivity contribution is 7.99. The van der Waals surface area contributed by atoms with Crippen LogP contribution in [-0.4, -0.2) is 44.1 Å². The Morgan fingerprint density at radius 2 is 2.32 bits per heavy atom. The number of halogens is 1. The van der Waals surface area contributed by atoms with Crippen LogP contribution in [0.5, 0.6) is 0 Å². The van der Waals surface area contributed by atoms with Gasteiger partial charge < -0.3 is 15.5 Å². The van der Waals surface area contributed by atoms with E-state index in [-0.39, 0.29) is 11.9 Å². The van der Waals surface area contributed by atoms with Gasteiger partial charge in [-0.2, -0.15) is 11.8 Å². The van der Waals surface area contributed by atoms with Crippen LogP contribution in [0.4, 0.5) is 11.4 Å². The number of benzene rings is 1. The number of hydrogen-bond acceptors (Lipinski definition) is 4. The lowest BCUT2D eigenvalue weighted by Crippen LogP contribution is -2.46. The van der Waals surface area contributed by atoms with E-state index in [9.17, 15) is 4.79 Å². The molecule has 1 aliphatic heterocycles. The number of nitrogens with one attached hydrogen (secondary N) is 2.